The highest BCUT2D eigenvalue weighted by Gasteiger charge is 2.28. The largest absolute Gasteiger partial charge is 0.394 e. The minimum absolute atomic E-state index is 0.110. The SMILES string of the molecule is CN(CCOCCO)C1CCCC1CN. The van der Waals surface area contributed by atoms with Gasteiger partial charge < -0.3 is 20.5 Å². The van der Waals surface area contributed by atoms with Crippen molar-refractivity contribution in [3.8, 4) is 0 Å². The number of likely N-dealkylation sites (N-methyl/N-ethyl adjacent to an activating group) is 1. The second kappa shape index (κ2) is 7.17. The van der Waals surface area contributed by atoms with Crippen LogP contribution in [-0.4, -0.2) is 56.0 Å². The molecule has 0 aliphatic heterocycles. The van der Waals surface area contributed by atoms with Gasteiger partial charge in [-0.3, -0.25) is 0 Å². The lowest BCUT2D eigenvalue weighted by molar-refractivity contribution is 0.0662. The zero-order valence-corrected chi connectivity index (χ0v) is 9.69. The third-order valence-electron chi connectivity index (χ3n) is 3.31. The van der Waals surface area contributed by atoms with Crippen LogP contribution in [0.4, 0.5) is 0 Å². The minimum Gasteiger partial charge on any atom is -0.394 e. The molecule has 1 fully saturated rings. The Balaban J connectivity index is 2.17. The van der Waals surface area contributed by atoms with E-state index < -0.39 is 0 Å². The molecule has 0 bridgehead atoms. The molecule has 4 nitrogen and oxygen atoms in total. The minimum atomic E-state index is 0.110. The van der Waals surface area contributed by atoms with E-state index in [1.165, 1.54) is 19.3 Å². The normalized spacial score (nSPS) is 26.4. The Morgan fingerprint density at radius 2 is 2.20 bits per heavy atom. The Morgan fingerprint density at radius 3 is 2.87 bits per heavy atom. The number of ether oxygens (including phenoxy) is 1. The van der Waals surface area contributed by atoms with Gasteiger partial charge in [-0.15, -0.1) is 0 Å². The van der Waals surface area contributed by atoms with Crippen LogP contribution in [0, 0.1) is 5.92 Å². The zero-order chi connectivity index (χ0) is 11.1. The average Bonchev–Trinajstić information content (AvgIpc) is 2.72. The van der Waals surface area contributed by atoms with Crippen LogP contribution in [0.3, 0.4) is 0 Å². The van der Waals surface area contributed by atoms with Gasteiger partial charge in [0, 0.05) is 12.6 Å². The summed E-state index contributed by atoms with van der Waals surface area (Å²) in [7, 11) is 2.14. The van der Waals surface area contributed by atoms with Gasteiger partial charge in [-0.25, -0.2) is 0 Å². The summed E-state index contributed by atoms with van der Waals surface area (Å²) in [5.41, 5.74) is 5.75. The molecule has 4 heteroatoms. The summed E-state index contributed by atoms with van der Waals surface area (Å²) in [4.78, 5) is 2.35. The van der Waals surface area contributed by atoms with Crippen molar-refractivity contribution in [3.63, 3.8) is 0 Å². The first-order chi connectivity index (χ1) is 7.29. The van der Waals surface area contributed by atoms with Crippen LogP contribution in [0.15, 0.2) is 0 Å². The fourth-order valence-electron chi connectivity index (χ4n) is 2.41. The molecule has 0 heterocycles. The lowest BCUT2D eigenvalue weighted by atomic mass is 10.0. The molecule has 0 radical (unpaired) electrons. The summed E-state index contributed by atoms with van der Waals surface area (Å²) in [6.45, 7) is 2.98. The van der Waals surface area contributed by atoms with E-state index in [0.29, 0.717) is 25.2 Å². The van der Waals surface area contributed by atoms with Crippen LogP contribution in [0.2, 0.25) is 0 Å². The number of aliphatic hydroxyl groups is 1. The molecule has 2 atom stereocenters. The van der Waals surface area contributed by atoms with E-state index in [4.69, 9.17) is 15.6 Å². The third-order valence-corrected chi connectivity index (χ3v) is 3.31. The molecule has 0 aromatic rings. The molecule has 0 spiro atoms. The fraction of sp³-hybridized carbons (Fsp3) is 1.00. The lowest BCUT2D eigenvalue weighted by Crippen LogP contribution is -2.39. The van der Waals surface area contributed by atoms with Gasteiger partial charge in [-0.1, -0.05) is 6.42 Å². The predicted octanol–water partition coefficient (Wildman–Crippen LogP) is 0.0545. The summed E-state index contributed by atoms with van der Waals surface area (Å²) in [5.74, 6) is 0.660. The maximum Gasteiger partial charge on any atom is 0.0698 e. The molecule has 1 aliphatic rings. The Bertz CT molecular complexity index is 167. The quantitative estimate of drug-likeness (QED) is 0.591. The third kappa shape index (κ3) is 4.07. The summed E-state index contributed by atoms with van der Waals surface area (Å²) >= 11 is 0. The van der Waals surface area contributed by atoms with E-state index in [-0.39, 0.29) is 6.61 Å². The molecule has 90 valence electrons. The van der Waals surface area contributed by atoms with Gasteiger partial charge in [0.05, 0.1) is 19.8 Å². The smallest absolute Gasteiger partial charge is 0.0698 e. The van der Waals surface area contributed by atoms with E-state index in [1.54, 1.807) is 0 Å². The van der Waals surface area contributed by atoms with Crippen molar-refractivity contribution in [2.45, 2.75) is 25.3 Å². The van der Waals surface area contributed by atoms with Gasteiger partial charge >= 0.3 is 0 Å². The van der Waals surface area contributed by atoms with Crippen molar-refractivity contribution in [2.24, 2.45) is 11.7 Å². The highest BCUT2D eigenvalue weighted by Crippen LogP contribution is 2.28. The Hall–Kier alpha value is -0.160. The molecule has 15 heavy (non-hydrogen) atoms. The van der Waals surface area contributed by atoms with Gasteiger partial charge in [-0.05, 0) is 32.4 Å². The topological polar surface area (TPSA) is 58.7 Å². The Labute approximate surface area is 92.4 Å². The van der Waals surface area contributed by atoms with E-state index in [9.17, 15) is 0 Å². The van der Waals surface area contributed by atoms with Crippen LogP contribution >= 0.6 is 0 Å². The van der Waals surface area contributed by atoms with E-state index in [0.717, 1.165) is 13.1 Å². The van der Waals surface area contributed by atoms with Crippen LogP contribution in [0.5, 0.6) is 0 Å². The molecule has 3 N–H and O–H groups in total. The Kier molecular flexibility index (Phi) is 6.17. The van der Waals surface area contributed by atoms with Crippen LogP contribution in [-0.2, 0) is 4.74 Å². The van der Waals surface area contributed by atoms with Crippen molar-refractivity contribution in [3.05, 3.63) is 0 Å². The summed E-state index contributed by atoms with van der Waals surface area (Å²) in [5, 5.41) is 8.57. The number of aliphatic hydroxyl groups excluding tert-OH is 1. The predicted molar refractivity (Wildman–Crippen MR) is 60.7 cm³/mol. The first-order valence-corrected chi connectivity index (χ1v) is 5.88. The second-order valence-electron chi connectivity index (χ2n) is 4.31. The molecular weight excluding hydrogens is 192 g/mol. The van der Waals surface area contributed by atoms with E-state index in [1.807, 2.05) is 0 Å². The monoisotopic (exact) mass is 216 g/mol. The number of hydrogen-bond acceptors (Lipinski definition) is 4. The standard InChI is InChI=1S/C11H24N2O2/c1-13(5-7-15-8-6-14)11-4-2-3-10(11)9-12/h10-11,14H,2-9,12H2,1H3. The van der Waals surface area contributed by atoms with Crippen molar-refractivity contribution in [1.29, 1.82) is 0 Å². The van der Waals surface area contributed by atoms with Gasteiger partial charge in [0.2, 0.25) is 0 Å². The first-order valence-electron chi connectivity index (χ1n) is 5.88. The average molecular weight is 216 g/mol. The molecule has 2 unspecified atom stereocenters. The fourth-order valence-corrected chi connectivity index (χ4v) is 2.41. The van der Waals surface area contributed by atoms with Gasteiger partial charge in [0.25, 0.3) is 0 Å². The van der Waals surface area contributed by atoms with Gasteiger partial charge in [0.15, 0.2) is 0 Å². The zero-order valence-electron chi connectivity index (χ0n) is 9.69. The highest BCUT2D eigenvalue weighted by atomic mass is 16.5. The van der Waals surface area contributed by atoms with Gasteiger partial charge in [0.1, 0.15) is 0 Å². The summed E-state index contributed by atoms with van der Waals surface area (Å²) in [6.07, 6.45) is 3.83. The number of hydrogen-bond donors (Lipinski definition) is 2. The van der Waals surface area contributed by atoms with E-state index >= 15 is 0 Å². The van der Waals surface area contributed by atoms with Crippen molar-refractivity contribution < 1.29 is 9.84 Å². The summed E-state index contributed by atoms with van der Waals surface area (Å²) < 4.78 is 5.26. The van der Waals surface area contributed by atoms with Crippen molar-refractivity contribution in [2.75, 3.05) is 40.0 Å². The molecule has 1 saturated carbocycles. The first kappa shape index (κ1) is 12.9. The maximum atomic E-state index is 8.57. The molecule has 1 rings (SSSR count). The summed E-state index contributed by atoms with van der Waals surface area (Å²) in [6, 6.07) is 0.632. The highest BCUT2D eigenvalue weighted by molar-refractivity contribution is 4.84. The Morgan fingerprint density at radius 1 is 1.40 bits per heavy atom. The molecule has 0 amide bonds. The van der Waals surface area contributed by atoms with Gasteiger partial charge in [-0.2, -0.15) is 0 Å². The number of nitrogens with two attached hydrogens (primary N) is 1. The molecule has 0 aromatic carbocycles. The van der Waals surface area contributed by atoms with Crippen LogP contribution < -0.4 is 5.73 Å². The lowest BCUT2D eigenvalue weighted by Gasteiger charge is -2.28. The van der Waals surface area contributed by atoms with Crippen LogP contribution in [0.1, 0.15) is 19.3 Å². The molecule has 0 saturated heterocycles. The van der Waals surface area contributed by atoms with Crippen molar-refractivity contribution >= 4 is 0 Å². The van der Waals surface area contributed by atoms with Crippen molar-refractivity contribution in [1.82, 2.24) is 4.90 Å². The number of rotatable bonds is 7. The number of nitrogens with zero attached hydrogens (tertiary/aromatic N) is 1. The second-order valence-corrected chi connectivity index (χ2v) is 4.31. The van der Waals surface area contributed by atoms with Crippen LogP contribution in [0.25, 0.3) is 0 Å². The maximum absolute atomic E-state index is 8.57. The molecule has 0 aromatic heterocycles. The van der Waals surface area contributed by atoms with E-state index in [2.05, 4.69) is 11.9 Å². The molecular formula is C11H24N2O2. The molecule has 1 aliphatic carbocycles.